The van der Waals surface area contributed by atoms with Gasteiger partial charge in [0.15, 0.2) is 41.4 Å². The number of hydrogen-bond donors (Lipinski definition) is 12. The van der Waals surface area contributed by atoms with E-state index in [-0.39, 0.29) is 64.4 Å². The summed E-state index contributed by atoms with van der Waals surface area (Å²) in [6, 6.07) is 0. The van der Waals surface area contributed by atoms with Crippen molar-refractivity contribution >= 4 is 88.4 Å². The van der Waals surface area contributed by atoms with Gasteiger partial charge >= 0.3 is 36.9 Å². The highest BCUT2D eigenvalue weighted by molar-refractivity contribution is 7.66. The molecule has 456 valence electrons. The summed E-state index contributed by atoms with van der Waals surface area (Å²) in [5, 5.41) is 33.4. The fourth-order valence-electron chi connectivity index (χ4n) is 9.34. The summed E-state index contributed by atoms with van der Waals surface area (Å²) >= 11 is 0. The van der Waals surface area contributed by atoms with Crippen molar-refractivity contribution in [1.82, 2.24) is 58.5 Å². The predicted octanol–water partition coefficient (Wildman–Crippen LogP) is -3.96. The second kappa shape index (κ2) is 24.0. The minimum atomic E-state index is -6.26. The molecule has 1 amide bonds. The molecule has 3 saturated heterocycles. The van der Waals surface area contributed by atoms with Gasteiger partial charge in [0, 0.05) is 40.2 Å². The molecule has 0 radical (unpaired) electrons. The molecule has 9 heterocycles. The molecule has 83 heavy (non-hydrogen) atoms. The number of fused-ring (bicyclic) bond motifs is 3. The van der Waals surface area contributed by atoms with Crippen LogP contribution >= 0.6 is 31.3 Å². The second-order valence-electron chi connectivity index (χ2n) is 18.7. The van der Waals surface area contributed by atoms with E-state index in [1.165, 1.54) is 46.1 Å². The Bertz CT molecular complexity index is 3720. The molecule has 3 aliphatic rings. The van der Waals surface area contributed by atoms with E-state index in [4.69, 9.17) is 59.0 Å². The second-order valence-corrected chi connectivity index (χ2v) is 24.7. The number of nitrogens with two attached hydrogens (primary N) is 3. The maximum Gasteiger partial charge on any atom is 0.490 e. The van der Waals surface area contributed by atoms with Crippen molar-refractivity contribution in [3.05, 3.63) is 46.0 Å². The van der Waals surface area contributed by atoms with E-state index in [9.17, 15) is 67.5 Å². The highest BCUT2D eigenvalue weighted by Gasteiger charge is 2.54. The Morgan fingerprint density at radius 1 is 0.735 bits per heavy atom. The molecule has 3 fully saturated rings. The monoisotopic (exact) mass is 1260 g/mol. The van der Waals surface area contributed by atoms with Gasteiger partial charge < -0.3 is 80.7 Å². The van der Waals surface area contributed by atoms with E-state index in [0.717, 1.165) is 30.7 Å². The lowest BCUT2D eigenvalue weighted by Gasteiger charge is -2.26. The van der Waals surface area contributed by atoms with Crippen molar-refractivity contribution in [2.24, 2.45) is 13.0 Å². The highest BCUT2D eigenvalue weighted by atomic mass is 31.3. The number of amides is 1. The van der Waals surface area contributed by atoms with Crippen LogP contribution in [0.2, 0.25) is 0 Å². The van der Waals surface area contributed by atoms with Crippen LogP contribution < -0.4 is 32.9 Å². The minimum absolute atomic E-state index is 0.00147. The van der Waals surface area contributed by atoms with Crippen molar-refractivity contribution in [3.63, 3.8) is 0 Å². The summed E-state index contributed by atoms with van der Waals surface area (Å²) in [5.74, 6) is -2.57. The summed E-state index contributed by atoms with van der Waals surface area (Å²) in [7, 11) is -18.3. The number of carbonyl (C=O) groups is 1. The Hall–Kier alpha value is -5.68. The fourth-order valence-corrected chi connectivity index (χ4v) is 13.8. The standard InChI is InChI=1S/C38H54N16O25P4/c1-50(5-6-69-3)19(55)7-15-16(74-34(23(15)56)54-14-51(2)22-31(54)47-38(41)49-33(22)60)8-72-81(63,64)78-83(67,68)79-82(65,66)73-10-18-26(27(70-4)36(76-18)52-12-44-20-28(39)42-11-43-29(20)52)77-80(61,62)71-9-17-24(57)25(58)35(75-17)53-13-45-21-30(53)46-37(40)48-32(21)59/h11-18,23-27,34-36,56-58H,5-10H2,1-4H3,(H11-,39,40,41,42,43,46,47,48,49,59,60,61,62,63,64,65,66,67,68)/p+1/t15-,16-,17-,18-,23-,24-,25-,26-,27-,34?,35-,36-/m1/s1. The van der Waals surface area contributed by atoms with E-state index in [0.29, 0.717) is 0 Å². The number of aliphatic hydroxyl groups is 3. The molecule has 15 N–H and O–H groups in total. The van der Waals surface area contributed by atoms with E-state index in [1.807, 2.05) is 0 Å². The fraction of sp³-hybridized carbons (Fsp3) is 0.579. The minimum Gasteiger partial charge on any atom is -0.387 e. The highest BCUT2D eigenvalue weighted by Crippen LogP contribution is 2.68. The van der Waals surface area contributed by atoms with E-state index >= 15 is 0 Å². The first kappa shape index (κ1) is 61.9. The third-order valence-electron chi connectivity index (χ3n) is 13.2. The molecule has 0 saturated carbocycles. The van der Waals surface area contributed by atoms with Gasteiger partial charge in [0.1, 0.15) is 54.6 Å². The topological polar surface area (TPSA) is 572 Å². The maximum atomic E-state index is 13.8. The molecule has 6 aromatic rings. The largest absolute Gasteiger partial charge is 0.490 e. The number of nitrogens with zero attached hydrogens (tertiary/aromatic N) is 11. The molecule has 41 nitrogen and oxygen atoms in total. The van der Waals surface area contributed by atoms with Crippen molar-refractivity contribution in [1.29, 1.82) is 0 Å². The molecule has 3 aliphatic heterocycles. The van der Waals surface area contributed by atoms with Gasteiger partial charge in [0.25, 0.3) is 17.1 Å². The van der Waals surface area contributed by atoms with Crippen LogP contribution in [0.25, 0.3) is 33.5 Å². The van der Waals surface area contributed by atoms with Crippen molar-refractivity contribution < 1.29 is 113 Å². The van der Waals surface area contributed by atoms with Gasteiger partial charge in [-0.2, -0.15) is 13.6 Å². The lowest BCUT2D eigenvalue weighted by atomic mass is 9.94. The Kier molecular flexibility index (Phi) is 17.9. The van der Waals surface area contributed by atoms with Gasteiger partial charge in [-0.3, -0.25) is 56.1 Å². The zero-order valence-electron chi connectivity index (χ0n) is 43.4. The number of anilines is 3. The van der Waals surface area contributed by atoms with Gasteiger partial charge in [0.2, 0.25) is 23.6 Å². The number of carbonyl (C=O) groups excluding carboxylic acids is 1. The number of rotatable bonds is 24. The number of aromatic nitrogens is 12. The number of aryl methyl sites for hydroxylation is 1. The number of ether oxygens (including phenoxy) is 5. The molecular weight excluding hydrogens is 1200 g/mol. The number of likely N-dealkylation sites (N-methyl/N-ethyl adjacent to an activating group) is 1. The number of hydrogen-bond acceptors (Lipinski definition) is 30. The van der Waals surface area contributed by atoms with Gasteiger partial charge in [-0.25, -0.2) is 42.8 Å². The van der Waals surface area contributed by atoms with Crippen molar-refractivity contribution in [2.45, 2.75) is 73.9 Å². The zero-order chi connectivity index (χ0) is 60.2. The Morgan fingerprint density at radius 3 is 2.01 bits per heavy atom. The van der Waals surface area contributed by atoms with Gasteiger partial charge in [-0.05, 0) is 0 Å². The predicted molar refractivity (Wildman–Crippen MR) is 271 cm³/mol. The molecule has 0 bridgehead atoms. The summed E-state index contributed by atoms with van der Waals surface area (Å²) in [5.41, 5.74) is 15.6. The third-order valence-corrected chi connectivity index (χ3v) is 18.4. The van der Waals surface area contributed by atoms with Crippen LogP contribution in [0, 0.1) is 5.92 Å². The van der Waals surface area contributed by atoms with E-state index in [2.05, 4.69) is 48.5 Å². The lowest BCUT2D eigenvalue weighted by Crippen LogP contribution is -2.45. The van der Waals surface area contributed by atoms with Crippen molar-refractivity contribution in [3.8, 4) is 0 Å². The number of phosphoric ester groups is 3. The van der Waals surface area contributed by atoms with Crippen LogP contribution in [-0.4, -0.2) is 202 Å². The summed E-state index contributed by atoms with van der Waals surface area (Å²) < 4.78 is 116. The quantitative estimate of drug-likeness (QED) is 0.0203. The first-order valence-corrected chi connectivity index (χ1v) is 30.0. The Morgan fingerprint density at radius 2 is 1.34 bits per heavy atom. The number of aromatic amines is 2. The SMILES string of the molecule is COCCN(C)C(=O)C[C@@H]1[C@@H](COP(=O)(O)OP(=O)(O)OP(=O)(O)OC[C@H]2O[C@@H](n3cnc4c(N)ncnc43)[C@H](OC)[C@@H]2OP(=O)(O)OC[C@H]2O[C@@H](n3cnc4c(=O)[nH]c(N)nc43)[C@H](O)[C@@H]2O)OC([n+]2cn(C)c3c(=O)[nH]c(N)nc32)[C@@H]1O. The van der Waals surface area contributed by atoms with Crippen LogP contribution in [0.15, 0.2) is 34.9 Å². The van der Waals surface area contributed by atoms with Crippen LogP contribution in [0.5, 0.6) is 0 Å². The molecule has 0 spiro atoms. The summed E-state index contributed by atoms with van der Waals surface area (Å²) in [4.78, 5) is 112. The molecule has 0 aromatic carbocycles. The molecule has 0 aliphatic carbocycles. The number of aliphatic hydroxyl groups excluding tert-OH is 3. The number of imidazole rings is 3. The molecule has 16 atom stereocenters. The third kappa shape index (κ3) is 13.1. The summed E-state index contributed by atoms with van der Waals surface area (Å²) in [6.07, 6.45) is -14.1. The lowest BCUT2D eigenvalue weighted by molar-refractivity contribution is -0.745. The van der Waals surface area contributed by atoms with Gasteiger partial charge in [-0.1, -0.05) is 4.98 Å². The van der Waals surface area contributed by atoms with Gasteiger partial charge in [0.05, 0.1) is 52.2 Å². The molecule has 6 aromatic heterocycles. The zero-order valence-corrected chi connectivity index (χ0v) is 47.0. The number of nitrogen functional groups attached to an aromatic ring is 3. The maximum absolute atomic E-state index is 13.8. The van der Waals surface area contributed by atoms with E-state index in [1.54, 1.807) is 0 Å². The average molecular weight is 1260 g/mol. The Balaban J connectivity index is 0.881. The van der Waals surface area contributed by atoms with E-state index < -0.39 is 148 Å². The molecule has 5 unspecified atom stereocenters. The first-order chi connectivity index (χ1) is 39.0. The Labute approximate surface area is 463 Å². The number of H-pyrrole nitrogens is 2. The summed E-state index contributed by atoms with van der Waals surface area (Å²) in [6.45, 7) is -3.12. The van der Waals surface area contributed by atoms with Crippen molar-refractivity contribution in [2.75, 3.05) is 71.4 Å². The number of methoxy groups -OCH3 is 2. The average Bonchev–Trinajstić information content (AvgIpc) is 2.44. The first-order valence-electron chi connectivity index (χ1n) is 24.0. The normalized spacial score (nSPS) is 28.6. The van der Waals surface area contributed by atoms with Crippen LogP contribution in [0.3, 0.4) is 0 Å². The van der Waals surface area contributed by atoms with Crippen LogP contribution in [0.4, 0.5) is 17.7 Å². The molecular formula is C38H55N16O25P4+. The van der Waals surface area contributed by atoms with Gasteiger partial charge in [-0.15, -0.1) is 0 Å². The number of nitrogens with one attached hydrogen (secondary N) is 2. The van der Waals surface area contributed by atoms with Crippen LogP contribution in [-0.2, 0) is 80.5 Å². The molecule has 9 rings (SSSR count). The smallest absolute Gasteiger partial charge is 0.387 e. The molecule has 45 heteroatoms. The van der Waals surface area contributed by atoms with Crippen LogP contribution in [0.1, 0.15) is 25.1 Å². The number of phosphoric acid groups is 4.